The zero-order valence-corrected chi connectivity index (χ0v) is 17.1. The lowest BCUT2D eigenvalue weighted by Gasteiger charge is -2.24. The van der Waals surface area contributed by atoms with Crippen LogP contribution >= 0.6 is 23.5 Å². The van der Waals surface area contributed by atoms with Gasteiger partial charge in [0, 0.05) is 18.8 Å². The van der Waals surface area contributed by atoms with E-state index in [4.69, 9.17) is 0 Å². The van der Waals surface area contributed by atoms with Crippen LogP contribution in [0.15, 0.2) is 35.0 Å². The van der Waals surface area contributed by atoms with Gasteiger partial charge in [-0.15, -0.1) is 0 Å². The lowest BCUT2D eigenvalue weighted by atomic mass is 10.1. The van der Waals surface area contributed by atoms with Crippen LogP contribution in [-0.4, -0.2) is 28.3 Å². The highest BCUT2D eigenvalue weighted by atomic mass is 32.2. The summed E-state index contributed by atoms with van der Waals surface area (Å²) in [5.41, 5.74) is 2.86. The van der Waals surface area contributed by atoms with Crippen molar-refractivity contribution in [3.63, 3.8) is 0 Å². The molecule has 1 heterocycles. The summed E-state index contributed by atoms with van der Waals surface area (Å²) in [5, 5.41) is 0.0487. The van der Waals surface area contributed by atoms with Crippen LogP contribution < -0.4 is 4.90 Å². The zero-order valence-electron chi connectivity index (χ0n) is 15.5. The van der Waals surface area contributed by atoms with Crippen molar-refractivity contribution in [1.29, 1.82) is 0 Å². The maximum atomic E-state index is 12.0. The fourth-order valence-electron chi connectivity index (χ4n) is 2.58. The molecule has 2 rings (SSSR count). The first-order valence-electron chi connectivity index (χ1n) is 9.18. The Balaban J connectivity index is 2.10. The minimum absolute atomic E-state index is 0.0487. The second-order valence-corrected chi connectivity index (χ2v) is 8.49. The Morgan fingerprint density at radius 1 is 1.08 bits per heavy atom. The van der Waals surface area contributed by atoms with Gasteiger partial charge in [0.05, 0.1) is 0 Å². The van der Waals surface area contributed by atoms with Crippen LogP contribution in [0.5, 0.6) is 0 Å². The highest BCUT2D eigenvalue weighted by molar-refractivity contribution is 8.45. The van der Waals surface area contributed by atoms with Crippen LogP contribution in [0.2, 0.25) is 0 Å². The number of thioether (sulfide) groups is 2. The van der Waals surface area contributed by atoms with Crippen molar-refractivity contribution in [3.05, 3.63) is 35.5 Å². The molecule has 0 saturated heterocycles. The van der Waals surface area contributed by atoms with E-state index in [0.29, 0.717) is 5.70 Å². The quantitative estimate of drug-likeness (QED) is 0.509. The maximum absolute atomic E-state index is 12.0. The van der Waals surface area contributed by atoms with E-state index < -0.39 is 0 Å². The van der Waals surface area contributed by atoms with Crippen molar-refractivity contribution in [2.75, 3.05) is 23.7 Å². The summed E-state index contributed by atoms with van der Waals surface area (Å²) in [7, 11) is 0. The third kappa shape index (κ3) is 6.23. The van der Waals surface area contributed by atoms with Crippen molar-refractivity contribution < 1.29 is 4.79 Å². The number of aliphatic imine (C=N–C) groups is 1. The third-order valence-electron chi connectivity index (χ3n) is 3.99. The van der Waals surface area contributed by atoms with E-state index in [1.165, 1.54) is 43.1 Å². The molecule has 25 heavy (non-hydrogen) atoms. The molecule has 3 nitrogen and oxygen atoms in total. The minimum Gasteiger partial charge on any atom is -0.372 e. The van der Waals surface area contributed by atoms with Gasteiger partial charge in [-0.1, -0.05) is 57.5 Å². The summed E-state index contributed by atoms with van der Waals surface area (Å²) in [6.07, 6.45) is 6.75. The van der Waals surface area contributed by atoms with Crippen molar-refractivity contribution in [1.82, 2.24) is 0 Å². The van der Waals surface area contributed by atoms with E-state index in [0.717, 1.165) is 28.8 Å². The number of anilines is 1. The summed E-state index contributed by atoms with van der Waals surface area (Å²) < 4.78 is 0.862. The van der Waals surface area contributed by atoms with E-state index >= 15 is 0 Å². The second-order valence-electron chi connectivity index (χ2n) is 6.02. The largest absolute Gasteiger partial charge is 0.372 e. The lowest BCUT2D eigenvalue weighted by molar-refractivity contribution is -0.107. The molecule has 0 aliphatic carbocycles. The Morgan fingerprint density at radius 2 is 1.72 bits per heavy atom. The van der Waals surface area contributed by atoms with E-state index in [1.807, 2.05) is 6.08 Å². The molecule has 0 spiro atoms. The number of carbonyl (C=O) groups excluding carboxylic acids is 1. The molecule has 0 atom stereocenters. The molecule has 0 unspecified atom stereocenters. The summed E-state index contributed by atoms with van der Waals surface area (Å²) in [6.45, 7) is 8.74. The molecule has 1 aliphatic heterocycles. The molecule has 0 amide bonds. The summed E-state index contributed by atoms with van der Waals surface area (Å²) >= 11 is 2.86. The predicted molar refractivity (Wildman–Crippen MR) is 115 cm³/mol. The van der Waals surface area contributed by atoms with Gasteiger partial charge in [-0.2, -0.15) is 0 Å². The van der Waals surface area contributed by atoms with Gasteiger partial charge in [0.15, 0.2) is 0 Å². The van der Waals surface area contributed by atoms with Crippen LogP contribution in [0.3, 0.4) is 0 Å². The van der Waals surface area contributed by atoms with Gasteiger partial charge in [-0.25, -0.2) is 4.99 Å². The summed E-state index contributed by atoms with van der Waals surface area (Å²) in [6, 6.07) is 8.50. The Hall–Kier alpha value is -1.20. The SMILES string of the molecule is CCCCN(CCCC)c1ccc(/C=C2\N=C(SCC)SC2=O)cc1. The standard InChI is InChI=1S/C20H28N2OS2/c1-4-7-13-22(14-8-5-2)17-11-9-16(10-12-17)15-18-19(23)25-20(21-18)24-6-3/h9-12,15H,4-8,13-14H2,1-3H3/b18-15-. The van der Waals surface area contributed by atoms with Crippen LogP contribution in [0.25, 0.3) is 6.08 Å². The van der Waals surface area contributed by atoms with Crippen LogP contribution in [0, 0.1) is 0 Å². The number of carbonyl (C=O) groups is 1. The first-order chi connectivity index (χ1) is 12.2. The fraction of sp³-hybridized carbons (Fsp3) is 0.500. The van der Waals surface area contributed by atoms with Crippen LogP contribution in [0.4, 0.5) is 5.69 Å². The van der Waals surface area contributed by atoms with Crippen LogP contribution in [-0.2, 0) is 4.79 Å². The van der Waals surface area contributed by atoms with Gasteiger partial charge >= 0.3 is 0 Å². The lowest BCUT2D eigenvalue weighted by Crippen LogP contribution is -2.25. The van der Waals surface area contributed by atoms with E-state index in [1.54, 1.807) is 11.8 Å². The molecular weight excluding hydrogens is 348 g/mol. The van der Waals surface area contributed by atoms with Crippen molar-refractivity contribution in [2.45, 2.75) is 46.5 Å². The Kier molecular flexibility index (Phi) is 8.62. The normalized spacial score (nSPS) is 15.7. The molecule has 0 radical (unpaired) electrons. The van der Waals surface area contributed by atoms with Crippen molar-refractivity contribution in [2.24, 2.45) is 4.99 Å². The molecule has 5 heteroatoms. The topological polar surface area (TPSA) is 32.7 Å². The highest BCUT2D eigenvalue weighted by Gasteiger charge is 2.21. The van der Waals surface area contributed by atoms with Gasteiger partial charge in [0.25, 0.3) is 0 Å². The molecule has 1 aromatic carbocycles. The average molecular weight is 377 g/mol. The number of rotatable bonds is 9. The Labute approximate surface area is 160 Å². The Morgan fingerprint density at radius 3 is 2.28 bits per heavy atom. The molecule has 136 valence electrons. The van der Waals surface area contributed by atoms with Crippen molar-refractivity contribution in [3.8, 4) is 0 Å². The Bertz CT molecular complexity index is 615. The first-order valence-corrected chi connectivity index (χ1v) is 11.0. The van der Waals surface area contributed by atoms with Gasteiger partial charge < -0.3 is 4.90 Å². The number of benzene rings is 1. The van der Waals surface area contributed by atoms with E-state index in [2.05, 4.69) is 54.9 Å². The monoisotopic (exact) mass is 376 g/mol. The molecule has 0 N–H and O–H groups in total. The molecular formula is C20H28N2OS2. The van der Waals surface area contributed by atoms with Gasteiger partial charge in [0.1, 0.15) is 10.1 Å². The number of hydrogen-bond acceptors (Lipinski definition) is 5. The zero-order chi connectivity index (χ0) is 18.1. The highest BCUT2D eigenvalue weighted by Crippen LogP contribution is 2.31. The molecule has 0 fully saturated rings. The van der Waals surface area contributed by atoms with Gasteiger partial charge in [0.2, 0.25) is 5.12 Å². The second kappa shape index (κ2) is 10.7. The number of hydrogen-bond donors (Lipinski definition) is 0. The number of unbranched alkanes of at least 4 members (excludes halogenated alkanes) is 2. The molecule has 0 bridgehead atoms. The minimum atomic E-state index is 0.0487. The van der Waals surface area contributed by atoms with Gasteiger partial charge in [-0.3, -0.25) is 4.79 Å². The van der Waals surface area contributed by atoms with Gasteiger partial charge in [-0.05, 0) is 54.1 Å². The average Bonchev–Trinajstić information content (AvgIpc) is 2.95. The first kappa shape index (κ1) is 20.1. The molecule has 0 aromatic heterocycles. The molecule has 0 saturated carbocycles. The smallest absolute Gasteiger partial charge is 0.244 e. The van der Waals surface area contributed by atoms with Crippen LogP contribution in [0.1, 0.15) is 52.0 Å². The maximum Gasteiger partial charge on any atom is 0.244 e. The molecule has 1 aliphatic rings. The van der Waals surface area contributed by atoms with E-state index in [9.17, 15) is 4.79 Å². The van der Waals surface area contributed by atoms with E-state index in [-0.39, 0.29) is 5.12 Å². The summed E-state index contributed by atoms with van der Waals surface area (Å²) in [5.74, 6) is 0.937. The number of nitrogens with zero attached hydrogens (tertiary/aromatic N) is 2. The molecule has 1 aromatic rings. The van der Waals surface area contributed by atoms with Crippen molar-refractivity contribution >= 4 is 44.8 Å². The summed E-state index contributed by atoms with van der Waals surface area (Å²) in [4.78, 5) is 18.9. The predicted octanol–water partition coefficient (Wildman–Crippen LogP) is 5.82. The third-order valence-corrected chi connectivity index (χ3v) is 5.88. The fourth-order valence-corrected chi connectivity index (χ4v) is 4.32.